The van der Waals surface area contributed by atoms with Gasteiger partial charge in [0.15, 0.2) is 0 Å². The van der Waals surface area contributed by atoms with Crippen LogP contribution in [0, 0.1) is 0 Å². The molecule has 1 aromatic heterocycles. The summed E-state index contributed by atoms with van der Waals surface area (Å²) < 4.78 is 0. The third kappa shape index (κ3) is 11.8. The molecule has 103 valence electrons. The van der Waals surface area contributed by atoms with E-state index in [9.17, 15) is 0 Å². The molecule has 5 N–H and O–H groups in total. The van der Waals surface area contributed by atoms with Gasteiger partial charge in [-0.25, -0.2) is 0 Å². The van der Waals surface area contributed by atoms with Gasteiger partial charge in [0.1, 0.15) is 0 Å². The zero-order valence-corrected chi connectivity index (χ0v) is 12.7. The molecule has 0 aromatic carbocycles. The number of pyridine rings is 1. The standard InChI is InChI=1S/C7H10N2.C4H13N3.Au/c1-9(2)7-3-5-8-6-4-7;5-1-3-7-4-2-6;/h3-6H,1-2H3;7H,1-6H2;. The summed E-state index contributed by atoms with van der Waals surface area (Å²) in [6, 6.07) is 3.94. The number of rotatable bonds is 5. The number of hydrogen-bond acceptors (Lipinski definition) is 5. The van der Waals surface area contributed by atoms with Crippen molar-refractivity contribution in [3.8, 4) is 0 Å². The molecule has 6 heteroatoms. The largest absolute Gasteiger partial charge is 0.378 e. The zero-order chi connectivity index (χ0) is 12.2. The fourth-order valence-corrected chi connectivity index (χ4v) is 0.971. The van der Waals surface area contributed by atoms with E-state index in [1.54, 1.807) is 12.4 Å². The van der Waals surface area contributed by atoms with E-state index in [0.717, 1.165) is 13.1 Å². The number of nitrogens with two attached hydrogens (primary N) is 2. The van der Waals surface area contributed by atoms with Crippen LogP contribution < -0.4 is 21.7 Å². The molecule has 17 heavy (non-hydrogen) atoms. The van der Waals surface area contributed by atoms with E-state index in [2.05, 4.69) is 10.3 Å². The number of hydrogen-bond donors (Lipinski definition) is 3. The molecule has 0 unspecified atom stereocenters. The van der Waals surface area contributed by atoms with Gasteiger partial charge in [-0.1, -0.05) is 0 Å². The van der Waals surface area contributed by atoms with Gasteiger partial charge >= 0.3 is 0 Å². The second kappa shape index (κ2) is 13.6. The van der Waals surface area contributed by atoms with E-state index in [0.29, 0.717) is 13.1 Å². The maximum atomic E-state index is 5.17. The van der Waals surface area contributed by atoms with Crippen LogP contribution in [-0.2, 0) is 22.4 Å². The van der Waals surface area contributed by atoms with Gasteiger partial charge in [0.2, 0.25) is 0 Å². The van der Waals surface area contributed by atoms with Crippen LogP contribution in [0.15, 0.2) is 24.5 Å². The Morgan fingerprint density at radius 1 is 1.12 bits per heavy atom. The molecular formula is C11H23AuN5. The average Bonchev–Trinajstić information content (AvgIpc) is 2.32. The van der Waals surface area contributed by atoms with Crippen molar-refractivity contribution in [2.24, 2.45) is 11.5 Å². The average molecular weight is 422 g/mol. The summed E-state index contributed by atoms with van der Waals surface area (Å²) in [6.07, 6.45) is 3.57. The first kappa shape index (κ1) is 18.9. The maximum Gasteiger partial charge on any atom is 0.0391 e. The van der Waals surface area contributed by atoms with Gasteiger partial charge < -0.3 is 21.7 Å². The Bertz CT molecular complexity index is 239. The van der Waals surface area contributed by atoms with Gasteiger partial charge in [-0.2, -0.15) is 0 Å². The minimum atomic E-state index is 0. The second-order valence-electron chi connectivity index (χ2n) is 3.43. The van der Waals surface area contributed by atoms with E-state index < -0.39 is 0 Å². The van der Waals surface area contributed by atoms with E-state index >= 15 is 0 Å². The fourth-order valence-electron chi connectivity index (χ4n) is 0.971. The fraction of sp³-hybridized carbons (Fsp3) is 0.545. The van der Waals surface area contributed by atoms with Crippen LogP contribution in [-0.4, -0.2) is 45.3 Å². The van der Waals surface area contributed by atoms with Gasteiger partial charge in [0, 0.05) is 80.7 Å². The molecule has 5 nitrogen and oxygen atoms in total. The Morgan fingerprint density at radius 3 is 1.88 bits per heavy atom. The van der Waals surface area contributed by atoms with Gasteiger partial charge in [0.05, 0.1) is 0 Å². The minimum absolute atomic E-state index is 0. The van der Waals surface area contributed by atoms with Gasteiger partial charge in [0.25, 0.3) is 0 Å². The van der Waals surface area contributed by atoms with E-state index in [4.69, 9.17) is 11.5 Å². The first-order valence-corrected chi connectivity index (χ1v) is 5.40. The van der Waals surface area contributed by atoms with Crippen molar-refractivity contribution in [1.82, 2.24) is 10.3 Å². The third-order valence-corrected chi connectivity index (χ3v) is 1.82. The molecule has 0 aliphatic carbocycles. The number of aromatic nitrogens is 1. The second-order valence-corrected chi connectivity index (χ2v) is 3.43. The van der Waals surface area contributed by atoms with E-state index in [1.165, 1.54) is 5.69 Å². The van der Waals surface area contributed by atoms with Crippen LogP contribution >= 0.6 is 0 Å². The van der Waals surface area contributed by atoms with Crippen molar-refractivity contribution in [2.75, 3.05) is 45.2 Å². The Morgan fingerprint density at radius 2 is 1.59 bits per heavy atom. The SMILES string of the molecule is CN(C)c1ccncc1.NCCNCCN.[Au]. The summed E-state index contributed by atoms with van der Waals surface area (Å²) in [4.78, 5) is 5.94. The Balaban J connectivity index is 0. The molecule has 0 saturated carbocycles. The molecule has 0 aliphatic heterocycles. The first-order chi connectivity index (χ1) is 7.72. The van der Waals surface area contributed by atoms with Crippen LogP contribution in [0.3, 0.4) is 0 Å². The quantitative estimate of drug-likeness (QED) is 0.446. The van der Waals surface area contributed by atoms with Crippen LogP contribution in [0.25, 0.3) is 0 Å². The number of nitrogens with one attached hydrogen (secondary N) is 1. The molecule has 0 bridgehead atoms. The summed E-state index contributed by atoms with van der Waals surface area (Å²) in [5, 5.41) is 3.03. The monoisotopic (exact) mass is 422 g/mol. The predicted octanol–water partition coefficient (Wildman–Crippen LogP) is -0.361. The predicted molar refractivity (Wildman–Crippen MR) is 69.5 cm³/mol. The summed E-state index contributed by atoms with van der Waals surface area (Å²) in [7, 11) is 4.02. The van der Waals surface area contributed by atoms with Gasteiger partial charge in [-0.05, 0) is 12.1 Å². The van der Waals surface area contributed by atoms with E-state index in [1.807, 2.05) is 31.1 Å². The van der Waals surface area contributed by atoms with Crippen molar-refractivity contribution in [1.29, 1.82) is 0 Å². The Labute approximate surface area is 119 Å². The molecule has 1 radical (unpaired) electrons. The van der Waals surface area contributed by atoms with Crippen molar-refractivity contribution >= 4 is 5.69 Å². The van der Waals surface area contributed by atoms with Crippen LogP contribution in [0.1, 0.15) is 0 Å². The van der Waals surface area contributed by atoms with Crippen molar-refractivity contribution < 1.29 is 22.4 Å². The number of anilines is 1. The summed E-state index contributed by atoms with van der Waals surface area (Å²) in [5.41, 5.74) is 11.5. The maximum absolute atomic E-state index is 5.17. The molecule has 0 fully saturated rings. The van der Waals surface area contributed by atoms with Gasteiger partial charge in [-0.3, -0.25) is 4.98 Å². The molecule has 0 atom stereocenters. The zero-order valence-electron chi connectivity index (χ0n) is 10.5. The van der Waals surface area contributed by atoms with Crippen molar-refractivity contribution in [2.45, 2.75) is 0 Å². The van der Waals surface area contributed by atoms with Crippen LogP contribution in [0.4, 0.5) is 5.69 Å². The number of nitrogens with zero attached hydrogens (tertiary/aromatic N) is 2. The van der Waals surface area contributed by atoms with Crippen LogP contribution in [0.2, 0.25) is 0 Å². The molecule has 0 spiro atoms. The third-order valence-electron chi connectivity index (χ3n) is 1.82. The molecule has 0 saturated heterocycles. The summed E-state index contributed by atoms with van der Waals surface area (Å²) in [6.45, 7) is 3.13. The minimum Gasteiger partial charge on any atom is -0.378 e. The molecule has 1 heterocycles. The Hall–Kier alpha value is -0.430. The van der Waals surface area contributed by atoms with Gasteiger partial charge in [-0.15, -0.1) is 0 Å². The Kier molecular flexibility index (Phi) is 15.2. The smallest absolute Gasteiger partial charge is 0.0391 e. The molecular weight excluding hydrogens is 399 g/mol. The van der Waals surface area contributed by atoms with Crippen molar-refractivity contribution in [3.63, 3.8) is 0 Å². The molecule has 1 rings (SSSR count). The van der Waals surface area contributed by atoms with E-state index in [-0.39, 0.29) is 22.4 Å². The summed E-state index contributed by atoms with van der Waals surface area (Å²) in [5.74, 6) is 0. The molecule has 0 aliphatic rings. The normalized spacial score (nSPS) is 8.71. The topological polar surface area (TPSA) is 80.2 Å². The molecule has 0 amide bonds. The summed E-state index contributed by atoms with van der Waals surface area (Å²) >= 11 is 0. The van der Waals surface area contributed by atoms with Crippen molar-refractivity contribution in [3.05, 3.63) is 24.5 Å². The van der Waals surface area contributed by atoms with Crippen LogP contribution in [0.5, 0.6) is 0 Å². The molecule has 1 aromatic rings. The first-order valence-electron chi connectivity index (χ1n) is 5.40.